The van der Waals surface area contributed by atoms with Crippen molar-refractivity contribution in [3.05, 3.63) is 83.6 Å². The van der Waals surface area contributed by atoms with Crippen molar-refractivity contribution in [2.75, 3.05) is 13.2 Å². The summed E-state index contributed by atoms with van der Waals surface area (Å²) in [7, 11) is 0. The maximum atomic E-state index is 11.3. The minimum absolute atomic E-state index is 0.0193. The van der Waals surface area contributed by atoms with Crippen molar-refractivity contribution in [3.8, 4) is 22.9 Å². The number of aryl methyl sites for hydroxylation is 2. The van der Waals surface area contributed by atoms with Gasteiger partial charge in [-0.15, -0.1) is 0 Å². The number of ether oxygens (including phenoxy) is 3. The highest BCUT2D eigenvalue weighted by molar-refractivity contribution is 14.1. The molecule has 10 heteroatoms. The minimum Gasteiger partial charge on any atom is -0.479 e. The van der Waals surface area contributed by atoms with Gasteiger partial charge in [0.25, 0.3) is 0 Å². The Bertz CT molecular complexity index is 1420. The largest absolute Gasteiger partial charge is 0.479 e. The number of hydrogen-bond acceptors (Lipinski definition) is 8. The molecular weight excluding hydrogens is 675 g/mol. The summed E-state index contributed by atoms with van der Waals surface area (Å²) >= 11 is 2.29. The van der Waals surface area contributed by atoms with Crippen molar-refractivity contribution in [2.45, 2.75) is 82.2 Å². The Morgan fingerprint density at radius 1 is 0.909 bits per heavy atom. The molecule has 236 valence electrons. The summed E-state index contributed by atoms with van der Waals surface area (Å²) in [6.45, 7) is 6.66. The SMILES string of the molecule is CCCOC(CO[C@@H]1CCC[C@H](OCc2nc(-c3ccccc3)oc2C)C1)C(=O)O.Cc1oc(-c2ccccc2)nc1CI. The van der Waals surface area contributed by atoms with E-state index in [1.165, 1.54) is 0 Å². The Labute approximate surface area is 272 Å². The molecule has 5 rings (SSSR count). The molecule has 1 aliphatic rings. The van der Waals surface area contributed by atoms with Gasteiger partial charge in [0.1, 0.15) is 17.2 Å². The first-order chi connectivity index (χ1) is 21.4. The number of carboxylic acid groups (broad SMARTS) is 1. The van der Waals surface area contributed by atoms with Gasteiger partial charge in [-0.3, -0.25) is 0 Å². The second kappa shape index (κ2) is 17.4. The number of benzene rings is 2. The van der Waals surface area contributed by atoms with E-state index in [1.54, 1.807) is 0 Å². The molecule has 2 aromatic heterocycles. The fourth-order valence-corrected chi connectivity index (χ4v) is 5.51. The molecule has 0 saturated heterocycles. The van der Waals surface area contributed by atoms with Gasteiger partial charge < -0.3 is 28.2 Å². The zero-order valence-electron chi connectivity index (χ0n) is 25.5. The number of aromatic nitrogens is 2. The highest BCUT2D eigenvalue weighted by atomic mass is 127. The molecular formula is C34H41IN2O7. The van der Waals surface area contributed by atoms with Crippen LogP contribution in [0.3, 0.4) is 0 Å². The first-order valence-electron chi connectivity index (χ1n) is 15.0. The lowest BCUT2D eigenvalue weighted by Gasteiger charge is -2.29. The van der Waals surface area contributed by atoms with Crippen LogP contribution in [0.2, 0.25) is 0 Å². The molecule has 0 bridgehead atoms. The van der Waals surface area contributed by atoms with Gasteiger partial charge in [0, 0.05) is 22.2 Å². The number of halogens is 1. The van der Waals surface area contributed by atoms with E-state index in [0.717, 1.165) is 76.5 Å². The van der Waals surface area contributed by atoms with Gasteiger partial charge >= 0.3 is 5.97 Å². The topological polar surface area (TPSA) is 117 Å². The zero-order valence-corrected chi connectivity index (χ0v) is 27.7. The number of carbonyl (C=O) groups is 1. The molecule has 44 heavy (non-hydrogen) atoms. The Morgan fingerprint density at radius 2 is 1.45 bits per heavy atom. The standard InChI is InChI=1S/C23H31NO6.C11H10INO/c1-3-12-27-21(23(25)26)15-29-19-11-7-10-18(13-19)28-14-20-16(2)30-22(24-20)17-8-5-4-6-9-17;1-8-10(7-12)13-11(14-8)9-5-3-2-4-6-9/h4-6,8-9,18-19,21H,3,7,10-15H2,1-2H3,(H,25,26);2-6H,7H2,1H3/t18-,19+,21?;/m0./s1. The van der Waals surface area contributed by atoms with Crippen molar-refractivity contribution in [3.63, 3.8) is 0 Å². The van der Waals surface area contributed by atoms with Crippen LogP contribution < -0.4 is 0 Å². The van der Waals surface area contributed by atoms with Crippen LogP contribution in [-0.4, -0.2) is 52.6 Å². The normalized spacial score (nSPS) is 17.1. The summed E-state index contributed by atoms with van der Waals surface area (Å²) in [5.41, 5.74) is 3.81. The van der Waals surface area contributed by atoms with Crippen molar-refractivity contribution < 1.29 is 32.9 Å². The molecule has 4 aromatic rings. The van der Waals surface area contributed by atoms with Gasteiger partial charge in [-0.05, 0) is 70.2 Å². The number of hydrogen-bond donors (Lipinski definition) is 1. The van der Waals surface area contributed by atoms with E-state index in [9.17, 15) is 9.90 Å². The summed E-state index contributed by atoms with van der Waals surface area (Å²) in [6.07, 6.45) is 3.47. The summed E-state index contributed by atoms with van der Waals surface area (Å²) in [4.78, 5) is 20.3. The molecule has 2 aromatic carbocycles. The highest BCUT2D eigenvalue weighted by Crippen LogP contribution is 2.27. The Morgan fingerprint density at radius 3 is 1.98 bits per heavy atom. The quantitative estimate of drug-likeness (QED) is 0.109. The smallest absolute Gasteiger partial charge is 0.335 e. The van der Waals surface area contributed by atoms with E-state index in [0.29, 0.717) is 19.1 Å². The van der Waals surface area contributed by atoms with Gasteiger partial charge in [-0.2, -0.15) is 0 Å². The zero-order chi connectivity index (χ0) is 31.3. The molecule has 1 fully saturated rings. The fourth-order valence-electron chi connectivity index (χ4n) is 4.80. The van der Waals surface area contributed by atoms with Crippen molar-refractivity contribution in [2.24, 2.45) is 0 Å². The molecule has 0 spiro atoms. The van der Waals surface area contributed by atoms with Crippen LogP contribution in [0, 0.1) is 13.8 Å². The average molecular weight is 717 g/mol. The van der Waals surface area contributed by atoms with Crippen molar-refractivity contribution >= 4 is 28.6 Å². The molecule has 9 nitrogen and oxygen atoms in total. The summed E-state index contributed by atoms with van der Waals surface area (Å²) < 4.78 is 29.6. The third-order valence-electron chi connectivity index (χ3n) is 7.27. The van der Waals surface area contributed by atoms with Gasteiger partial charge in [0.15, 0.2) is 6.10 Å². The third kappa shape index (κ3) is 9.98. The van der Waals surface area contributed by atoms with Gasteiger partial charge in [0.05, 0.1) is 31.1 Å². The molecule has 0 amide bonds. The lowest BCUT2D eigenvalue weighted by molar-refractivity contribution is -0.157. The van der Waals surface area contributed by atoms with E-state index in [1.807, 2.05) is 81.4 Å². The van der Waals surface area contributed by atoms with Gasteiger partial charge in [-0.25, -0.2) is 14.8 Å². The molecule has 0 aliphatic heterocycles. The Kier molecular flexibility index (Phi) is 13.4. The predicted octanol–water partition coefficient (Wildman–Crippen LogP) is 7.96. The van der Waals surface area contributed by atoms with Crippen molar-refractivity contribution in [1.82, 2.24) is 9.97 Å². The molecule has 1 saturated carbocycles. The number of alkyl halides is 1. The van der Waals surface area contributed by atoms with Crippen molar-refractivity contribution in [1.29, 1.82) is 0 Å². The van der Waals surface area contributed by atoms with Crippen LogP contribution in [0.1, 0.15) is 61.9 Å². The second-order valence-electron chi connectivity index (χ2n) is 10.7. The van der Waals surface area contributed by atoms with E-state index < -0.39 is 12.1 Å². The Balaban J connectivity index is 0.000000262. The van der Waals surface area contributed by atoms with Crippen LogP contribution in [0.25, 0.3) is 22.9 Å². The first kappa shape index (κ1) is 33.8. The van der Waals surface area contributed by atoms with Crippen LogP contribution in [0.15, 0.2) is 69.5 Å². The number of carboxylic acids is 1. The van der Waals surface area contributed by atoms with E-state index in [-0.39, 0.29) is 18.8 Å². The fraction of sp³-hybridized carbons (Fsp3) is 0.441. The third-order valence-corrected chi connectivity index (χ3v) is 7.99. The Hall–Kier alpha value is -3.06. The van der Waals surface area contributed by atoms with Crippen LogP contribution >= 0.6 is 22.6 Å². The highest BCUT2D eigenvalue weighted by Gasteiger charge is 2.26. The number of oxazole rings is 2. The summed E-state index contributed by atoms with van der Waals surface area (Å²) in [5, 5.41) is 9.26. The maximum Gasteiger partial charge on any atom is 0.335 e. The van der Waals surface area contributed by atoms with Crippen LogP contribution in [0.5, 0.6) is 0 Å². The van der Waals surface area contributed by atoms with E-state index in [4.69, 9.17) is 23.0 Å². The average Bonchev–Trinajstić information content (AvgIpc) is 3.62. The molecule has 3 atom stereocenters. The first-order valence-corrected chi connectivity index (χ1v) is 16.6. The molecule has 1 unspecified atom stereocenters. The maximum absolute atomic E-state index is 11.3. The molecule has 2 heterocycles. The van der Waals surface area contributed by atoms with Gasteiger partial charge in [-0.1, -0.05) is 65.9 Å². The summed E-state index contributed by atoms with van der Waals surface area (Å²) in [5.74, 6) is 2.01. The lowest BCUT2D eigenvalue weighted by atomic mass is 9.95. The number of rotatable bonds is 13. The molecule has 1 N–H and O–H groups in total. The molecule has 1 aliphatic carbocycles. The van der Waals surface area contributed by atoms with Crippen LogP contribution in [0.4, 0.5) is 0 Å². The number of aliphatic carboxylic acids is 1. The monoisotopic (exact) mass is 716 g/mol. The molecule has 0 radical (unpaired) electrons. The predicted molar refractivity (Wildman–Crippen MR) is 176 cm³/mol. The summed E-state index contributed by atoms with van der Waals surface area (Å²) in [6, 6.07) is 19.8. The lowest BCUT2D eigenvalue weighted by Crippen LogP contribution is -2.34. The van der Waals surface area contributed by atoms with E-state index >= 15 is 0 Å². The second-order valence-corrected chi connectivity index (χ2v) is 11.4. The van der Waals surface area contributed by atoms with E-state index in [2.05, 4.69) is 32.6 Å². The van der Waals surface area contributed by atoms with Crippen LogP contribution in [-0.2, 0) is 30.0 Å². The minimum atomic E-state index is -0.984. The number of nitrogens with zero attached hydrogens (tertiary/aromatic N) is 2. The van der Waals surface area contributed by atoms with Gasteiger partial charge in [0.2, 0.25) is 11.8 Å².